The van der Waals surface area contributed by atoms with E-state index >= 15 is 0 Å². The lowest BCUT2D eigenvalue weighted by molar-refractivity contribution is 0.706. The molecule has 0 radical (unpaired) electrons. The van der Waals surface area contributed by atoms with Gasteiger partial charge in [-0.05, 0) is 41.3 Å². The number of hydrazone groups is 1. The fourth-order valence-corrected chi connectivity index (χ4v) is 5.15. The number of thiophene rings is 1. The van der Waals surface area contributed by atoms with Gasteiger partial charge in [-0.15, -0.1) is 22.7 Å². The molecule has 0 saturated heterocycles. The van der Waals surface area contributed by atoms with Crippen LogP contribution in [0.2, 0.25) is 10.0 Å². The van der Waals surface area contributed by atoms with Crippen LogP contribution in [0.4, 0.5) is 5.13 Å². The average Bonchev–Trinajstić information content (AvgIpc) is 3.48. The van der Waals surface area contributed by atoms with E-state index in [0.717, 1.165) is 38.6 Å². The molecule has 2 aromatic carbocycles. The molecule has 3 heterocycles. The van der Waals surface area contributed by atoms with Crippen LogP contribution in [-0.4, -0.2) is 10.7 Å². The lowest BCUT2D eigenvalue weighted by Gasteiger charge is -2.21. The Kier molecular flexibility index (Phi) is 5.14. The maximum atomic E-state index is 6.10. The van der Waals surface area contributed by atoms with E-state index in [1.165, 1.54) is 10.4 Å². The Hall–Kier alpha value is -2.18. The molecule has 0 fully saturated rings. The van der Waals surface area contributed by atoms with Crippen LogP contribution < -0.4 is 5.01 Å². The van der Waals surface area contributed by atoms with Crippen LogP contribution in [0.15, 0.2) is 76.5 Å². The van der Waals surface area contributed by atoms with Crippen LogP contribution in [0.5, 0.6) is 0 Å². The fourth-order valence-electron chi connectivity index (χ4n) is 3.35. The third-order valence-electron chi connectivity index (χ3n) is 4.80. The molecule has 1 unspecified atom stereocenters. The second-order valence-corrected chi connectivity index (χ2v) is 9.32. The quantitative estimate of drug-likeness (QED) is 0.317. The van der Waals surface area contributed by atoms with Gasteiger partial charge in [-0.1, -0.05) is 53.5 Å². The van der Waals surface area contributed by atoms with Crippen LogP contribution >= 0.6 is 45.9 Å². The zero-order chi connectivity index (χ0) is 19.8. The monoisotopic (exact) mass is 455 g/mol. The molecular weight excluding hydrogens is 441 g/mol. The highest BCUT2D eigenvalue weighted by atomic mass is 35.5. The predicted octanol–water partition coefficient (Wildman–Crippen LogP) is 7.53. The molecule has 29 heavy (non-hydrogen) atoms. The smallest absolute Gasteiger partial charge is 0.207 e. The van der Waals surface area contributed by atoms with Crippen LogP contribution in [0.25, 0.3) is 11.3 Å². The molecule has 7 heteroatoms. The van der Waals surface area contributed by atoms with Gasteiger partial charge >= 0.3 is 0 Å². The minimum absolute atomic E-state index is 0.0913. The zero-order valence-electron chi connectivity index (χ0n) is 15.1. The first-order valence-electron chi connectivity index (χ1n) is 9.05. The zero-order valence-corrected chi connectivity index (χ0v) is 18.3. The number of benzene rings is 2. The van der Waals surface area contributed by atoms with Gasteiger partial charge in [0, 0.05) is 27.4 Å². The highest BCUT2D eigenvalue weighted by molar-refractivity contribution is 7.14. The lowest BCUT2D eigenvalue weighted by Crippen LogP contribution is -2.18. The van der Waals surface area contributed by atoms with Crippen molar-refractivity contribution in [3.05, 3.63) is 91.9 Å². The molecule has 0 amide bonds. The Morgan fingerprint density at radius 3 is 2.31 bits per heavy atom. The first kappa shape index (κ1) is 18.8. The van der Waals surface area contributed by atoms with Gasteiger partial charge in [0.1, 0.15) is 0 Å². The summed E-state index contributed by atoms with van der Waals surface area (Å²) in [7, 11) is 0. The molecular formula is C22H15Cl2N3S2. The van der Waals surface area contributed by atoms with Crippen molar-refractivity contribution in [3.63, 3.8) is 0 Å². The molecule has 0 spiro atoms. The minimum Gasteiger partial charge on any atom is -0.231 e. The molecule has 1 atom stereocenters. The molecule has 144 valence electrons. The third-order valence-corrected chi connectivity index (χ3v) is 7.05. The molecule has 0 saturated carbocycles. The van der Waals surface area contributed by atoms with Crippen molar-refractivity contribution in [2.45, 2.75) is 12.5 Å². The fraction of sp³-hybridized carbons (Fsp3) is 0.0909. The highest BCUT2D eigenvalue weighted by Crippen LogP contribution is 2.40. The number of aromatic nitrogens is 1. The highest BCUT2D eigenvalue weighted by Gasteiger charge is 2.32. The van der Waals surface area contributed by atoms with Crippen molar-refractivity contribution in [2.75, 3.05) is 5.01 Å². The van der Waals surface area contributed by atoms with Crippen LogP contribution in [0, 0.1) is 0 Å². The van der Waals surface area contributed by atoms with E-state index in [1.807, 2.05) is 41.4 Å². The Bertz CT molecular complexity index is 1150. The van der Waals surface area contributed by atoms with Gasteiger partial charge in [0.2, 0.25) is 5.13 Å². The molecule has 0 N–H and O–H groups in total. The van der Waals surface area contributed by atoms with Crippen molar-refractivity contribution in [2.24, 2.45) is 5.10 Å². The molecule has 3 nitrogen and oxygen atoms in total. The average molecular weight is 456 g/mol. The largest absolute Gasteiger partial charge is 0.231 e. The third kappa shape index (κ3) is 3.83. The first-order chi connectivity index (χ1) is 14.2. The summed E-state index contributed by atoms with van der Waals surface area (Å²) in [6.07, 6.45) is 0.831. The second kappa shape index (κ2) is 7.92. The summed E-state index contributed by atoms with van der Waals surface area (Å²) in [5.41, 5.74) is 4.23. The van der Waals surface area contributed by atoms with E-state index in [1.54, 1.807) is 22.7 Å². The summed E-state index contributed by atoms with van der Waals surface area (Å²) < 4.78 is 0. The molecule has 0 aliphatic carbocycles. The number of anilines is 1. The van der Waals surface area contributed by atoms with Gasteiger partial charge in [0.15, 0.2) is 0 Å². The first-order valence-corrected chi connectivity index (χ1v) is 11.6. The molecule has 2 aromatic heterocycles. The van der Waals surface area contributed by atoms with Gasteiger partial charge in [-0.25, -0.2) is 9.99 Å². The van der Waals surface area contributed by atoms with Crippen LogP contribution in [-0.2, 0) is 0 Å². The maximum Gasteiger partial charge on any atom is 0.207 e. The normalized spacial score (nSPS) is 16.3. The number of nitrogens with zero attached hydrogens (tertiary/aromatic N) is 3. The second-order valence-electron chi connectivity index (χ2n) is 6.66. The Morgan fingerprint density at radius 2 is 1.62 bits per heavy atom. The van der Waals surface area contributed by atoms with Crippen molar-refractivity contribution >= 4 is 56.7 Å². The van der Waals surface area contributed by atoms with E-state index in [-0.39, 0.29) is 6.04 Å². The van der Waals surface area contributed by atoms with Gasteiger partial charge in [0.05, 0.1) is 22.3 Å². The van der Waals surface area contributed by atoms with E-state index < -0.39 is 0 Å². The molecule has 0 bridgehead atoms. The van der Waals surface area contributed by atoms with Crippen molar-refractivity contribution < 1.29 is 0 Å². The number of rotatable bonds is 4. The van der Waals surface area contributed by atoms with E-state index in [4.69, 9.17) is 33.3 Å². The molecule has 5 rings (SSSR count). The molecule has 4 aromatic rings. The van der Waals surface area contributed by atoms with Crippen molar-refractivity contribution in [1.82, 2.24) is 4.98 Å². The Labute approximate surface area is 186 Å². The summed E-state index contributed by atoms with van der Waals surface area (Å²) in [6, 6.07) is 20.0. The maximum absolute atomic E-state index is 6.10. The van der Waals surface area contributed by atoms with Crippen LogP contribution in [0.3, 0.4) is 0 Å². The number of halogens is 2. The Morgan fingerprint density at radius 1 is 0.897 bits per heavy atom. The van der Waals surface area contributed by atoms with Gasteiger partial charge in [0.25, 0.3) is 0 Å². The topological polar surface area (TPSA) is 28.5 Å². The summed E-state index contributed by atoms with van der Waals surface area (Å²) in [5, 5.41) is 13.5. The number of hydrogen-bond acceptors (Lipinski definition) is 5. The minimum atomic E-state index is 0.0913. The SMILES string of the molecule is Clc1ccc(-c2csc(N3N=C(c4cccs4)CC3c3ccc(Cl)cc3)n2)cc1. The van der Waals surface area contributed by atoms with Gasteiger partial charge in [-0.2, -0.15) is 5.10 Å². The molecule has 1 aliphatic rings. The lowest BCUT2D eigenvalue weighted by atomic mass is 10.0. The Balaban J connectivity index is 1.52. The summed E-state index contributed by atoms with van der Waals surface area (Å²) in [6.45, 7) is 0. The summed E-state index contributed by atoms with van der Waals surface area (Å²) >= 11 is 15.4. The predicted molar refractivity (Wildman–Crippen MR) is 125 cm³/mol. The standard InChI is InChI=1S/C22H15Cl2N3S2/c23-16-7-3-14(4-8-16)19-13-29-22(25-19)27-20(15-5-9-17(24)10-6-15)12-18(26-27)21-2-1-11-28-21/h1-11,13,20H,12H2. The number of hydrogen-bond donors (Lipinski definition) is 0. The van der Waals surface area contributed by atoms with Gasteiger partial charge < -0.3 is 0 Å². The van der Waals surface area contributed by atoms with Gasteiger partial charge in [-0.3, -0.25) is 0 Å². The van der Waals surface area contributed by atoms with E-state index in [0.29, 0.717) is 0 Å². The van der Waals surface area contributed by atoms with E-state index in [2.05, 4.69) is 35.0 Å². The van der Waals surface area contributed by atoms with Crippen LogP contribution in [0.1, 0.15) is 22.9 Å². The summed E-state index contributed by atoms with van der Waals surface area (Å²) in [5.74, 6) is 0. The number of thiazole rings is 1. The summed E-state index contributed by atoms with van der Waals surface area (Å²) in [4.78, 5) is 6.07. The van der Waals surface area contributed by atoms with E-state index in [9.17, 15) is 0 Å². The van der Waals surface area contributed by atoms with Crippen molar-refractivity contribution in [3.8, 4) is 11.3 Å². The molecule has 1 aliphatic heterocycles. The van der Waals surface area contributed by atoms with Crippen molar-refractivity contribution in [1.29, 1.82) is 0 Å².